The van der Waals surface area contributed by atoms with Crippen molar-refractivity contribution in [3.05, 3.63) is 24.0 Å². The molecule has 1 heterocycles. The van der Waals surface area contributed by atoms with E-state index in [4.69, 9.17) is 4.74 Å². The number of hydrogen-bond donors (Lipinski definition) is 2. The van der Waals surface area contributed by atoms with E-state index < -0.39 is 0 Å². The maximum atomic E-state index is 12.0. The minimum atomic E-state index is -0.217. The third kappa shape index (κ3) is 2.18. The number of ether oxygens (including phenoxy) is 1. The molecule has 1 aromatic heterocycles. The normalized spacial score (nSPS) is 25.3. The van der Waals surface area contributed by atoms with Gasteiger partial charge in [-0.2, -0.15) is 0 Å². The maximum Gasteiger partial charge on any atom is 0.253 e. The first-order valence-corrected chi connectivity index (χ1v) is 5.93. The lowest BCUT2D eigenvalue weighted by Gasteiger charge is -2.51. The third-order valence-electron chi connectivity index (χ3n) is 3.75. The fourth-order valence-electron chi connectivity index (χ4n) is 2.32. The average Bonchev–Trinajstić information content (AvgIpc) is 2.33. The molecule has 0 bridgehead atoms. The van der Waals surface area contributed by atoms with E-state index >= 15 is 0 Å². The van der Waals surface area contributed by atoms with Crippen molar-refractivity contribution in [3.8, 4) is 5.75 Å². The van der Waals surface area contributed by atoms with Crippen LogP contribution in [-0.4, -0.2) is 35.3 Å². The van der Waals surface area contributed by atoms with Crippen LogP contribution < -0.4 is 5.32 Å². The molecule has 1 aliphatic rings. The monoisotopic (exact) mass is 250 g/mol. The number of amides is 1. The van der Waals surface area contributed by atoms with E-state index in [1.807, 2.05) is 0 Å². The van der Waals surface area contributed by atoms with E-state index in [2.05, 4.69) is 24.1 Å². The van der Waals surface area contributed by atoms with Crippen molar-refractivity contribution in [2.75, 3.05) is 7.11 Å². The van der Waals surface area contributed by atoms with Crippen molar-refractivity contribution >= 4 is 5.91 Å². The van der Waals surface area contributed by atoms with Crippen molar-refractivity contribution < 1.29 is 14.6 Å². The molecule has 2 atom stereocenters. The number of methoxy groups -OCH3 is 1. The van der Waals surface area contributed by atoms with Gasteiger partial charge in [0, 0.05) is 24.8 Å². The van der Waals surface area contributed by atoms with Gasteiger partial charge in [0.1, 0.15) is 5.75 Å². The van der Waals surface area contributed by atoms with Crippen molar-refractivity contribution in [2.45, 2.75) is 32.4 Å². The fraction of sp³-hybridized carbons (Fsp3) is 0.538. The third-order valence-corrected chi connectivity index (χ3v) is 3.75. The first-order chi connectivity index (χ1) is 8.45. The number of nitrogens with one attached hydrogen (secondary N) is 1. The van der Waals surface area contributed by atoms with Crippen LogP contribution in [0.2, 0.25) is 0 Å². The van der Waals surface area contributed by atoms with E-state index in [0.717, 1.165) is 6.42 Å². The number of carbonyl (C=O) groups is 1. The summed E-state index contributed by atoms with van der Waals surface area (Å²) in [5.74, 6) is -0.226. The van der Waals surface area contributed by atoms with Gasteiger partial charge in [0.05, 0.1) is 17.9 Å². The number of hydrogen-bond acceptors (Lipinski definition) is 4. The van der Waals surface area contributed by atoms with E-state index in [1.165, 1.54) is 18.5 Å². The van der Waals surface area contributed by atoms with Crippen molar-refractivity contribution in [1.29, 1.82) is 0 Å². The maximum absolute atomic E-state index is 12.0. The second kappa shape index (κ2) is 4.57. The summed E-state index contributed by atoms with van der Waals surface area (Å²) in [5, 5.41) is 12.2. The molecule has 18 heavy (non-hydrogen) atoms. The molecule has 0 aliphatic heterocycles. The molecule has 1 aliphatic carbocycles. The second-order valence-corrected chi connectivity index (χ2v) is 5.24. The van der Waals surface area contributed by atoms with Gasteiger partial charge in [-0.15, -0.1) is 0 Å². The number of nitrogens with zero attached hydrogens (tertiary/aromatic N) is 1. The Morgan fingerprint density at radius 1 is 1.56 bits per heavy atom. The minimum Gasteiger partial charge on any atom is -0.506 e. The number of pyridine rings is 1. The smallest absolute Gasteiger partial charge is 0.253 e. The molecule has 1 aromatic rings. The first kappa shape index (κ1) is 12.8. The highest BCUT2D eigenvalue weighted by molar-refractivity contribution is 5.94. The highest BCUT2D eigenvalue weighted by Gasteiger charge is 2.49. The molecule has 2 N–H and O–H groups in total. The first-order valence-electron chi connectivity index (χ1n) is 5.93. The predicted molar refractivity (Wildman–Crippen MR) is 66.4 cm³/mol. The van der Waals surface area contributed by atoms with Gasteiger partial charge in [-0.1, -0.05) is 13.8 Å². The largest absolute Gasteiger partial charge is 0.506 e. The van der Waals surface area contributed by atoms with Crippen LogP contribution in [0.4, 0.5) is 0 Å². The van der Waals surface area contributed by atoms with E-state index in [0.29, 0.717) is 5.56 Å². The van der Waals surface area contributed by atoms with Crippen LogP contribution >= 0.6 is 0 Å². The minimum absolute atomic E-state index is 0.00899. The van der Waals surface area contributed by atoms with Crippen LogP contribution in [0, 0.1) is 5.41 Å². The lowest BCUT2D eigenvalue weighted by Crippen LogP contribution is -2.61. The Hall–Kier alpha value is -1.62. The number of aromatic hydroxyl groups is 1. The molecule has 0 spiro atoms. The summed E-state index contributed by atoms with van der Waals surface area (Å²) >= 11 is 0. The van der Waals surface area contributed by atoms with Crippen molar-refractivity contribution in [1.82, 2.24) is 10.3 Å². The fourth-order valence-corrected chi connectivity index (χ4v) is 2.32. The van der Waals surface area contributed by atoms with Crippen LogP contribution in [0.1, 0.15) is 30.6 Å². The Balaban J connectivity index is 2.01. The Labute approximate surface area is 106 Å². The molecule has 0 aromatic carbocycles. The molecule has 98 valence electrons. The molecule has 1 fully saturated rings. The van der Waals surface area contributed by atoms with E-state index in [9.17, 15) is 9.90 Å². The number of rotatable bonds is 3. The molecule has 0 saturated heterocycles. The van der Waals surface area contributed by atoms with Crippen molar-refractivity contribution in [2.24, 2.45) is 5.41 Å². The molecule has 0 radical (unpaired) electrons. The Kier molecular flexibility index (Phi) is 3.26. The lowest BCUT2D eigenvalue weighted by atomic mass is 9.64. The summed E-state index contributed by atoms with van der Waals surface area (Å²) in [6.07, 6.45) is 3.71. The number of aromatic nitrogens is 1. The SMILES string of the molecule is COC1CC(NC(=O)c2cncc(O)c2)C1(C)C. The molecule has 5 heteroatoms. The molecule has 5 nitrogen and oxygen atoms in total. The second-order valence-electron chi connectivity index (χ2n) is 5.24. The molecule has 1 saturated carbocycles. The molecular weight excluding hydrogens is 232 g/mol. The number of carbonyl (C=O) groups excluding carboxylic acids is 1. The van der Waals surface area contributed by atoms with E-state index in [-0.39, 0.29) is 29.2 Å². The van der Waals surface area contributed by atoms with Gasteiger partial charge < -0.3 is 15.2 Å². The quantitative estimate of drug-likeness (QED) is 0.849. The lowest BCUT2D eigenvalue weighted by molar-refractivity contribution is -0.0942. The van der Waals surface area contributed by atoms with Gasteiger partial charge in [0.2, 0.25) is 0 Å². The molecule has 1 amide bonds. The Bertz CT molecular complexity index is 459. The van der Waals surface area contributed by atoms with Gasteiger partial charge in [0.15, 0.2) is 0 Å². The van der Waals surface area contributed by atoms with E-state index in [1.54, 1.807) is 7.11 Å². The van der Waals surface area contributed by atoms with Gasteiger partial charge in [0.25, 0.3) is 5.91 Å². The Morgan fingerprint density at radius 2 is 2.28 bits per heavy atom. The summed E-state index contributed by atoms with van der Waals surface area (Å²) in [4.78, 5) is 15.8. The Morgan fingerprint density at radius 3 is 2.83 bits per heavy atom. The summed E-state index contributed by atoms with van der Waals surface area (Å²) in [7, 11) is 1.68. The summed E-state index contributed by atoms with van der Waals surface area (Å²) < 4.78 is 5.33. The van der Waals surface area contributed by atoms with Gasteiger partial charge in [-0.3, -0.25) is 9.78 Å². The molecule has 2 unspecified atom stereocenters. The van der Waals surface area contributed by atoms with Crippen LogP contribution in [0.5, 0.6) is 5.75 Å². The summed E-state index contributed by atoms with van der Waals surface area (Å²) in [6, 6.07) is 1.49. The van der Waals surface area contributed by atoms with Crippen LogP contribution in [-0.2, 0) is 4.74 Å². The topological polar surface area (TPSA) is 71.5 Å². The standard InChI is InChI=1S/C13H18N2O3/c1-13(2)10(5-11(13)18-3)15-12(17)8-4-9(16)7-14-6-8/h4,6-7,10-11,16H,5H2,1-3H3,(H,15,17). The molecular formula is C13H18N2O3. The summed E-state index contributed by atoms with van der Waals surface area (Å²) in [6.45, 7) is 4.13. The van der Waals surface area contributed by atoms with Crippen LogP contribution in [0.25, 0.3) is 0 Å². The van der Waals surface area contributed by atoms with Crippen LogP contribution in [0.3, 0.4) is 0 Å². The average molecular weight is 250 g/mol. The zero-order chi connectivity index (χ0) is 13.3. The zero-order valence-corrected chi connectivity index (χ0v) is 10.8. The van der Waals surface area contributed by atoms with Crippen LogP contribution in [0.15, 0.2) is 18.5 Å². The predicted octanol–water partition coefficient (Wildman–Crippen LogP) is 1.33. The van der Waals surface area contributed by atoms with Gasteiger partial charge in [-0.05, 0) is 12.5 Å². The summed E-state index contributed by atoms with van der Waals surface area (Å²) in [5.41, 5.74) is 0.293. The highest BCUT2D eigenvalue weighted by atomic mass is 16.5. The highest BCUT2D eigenvalue weighted by Crippen LogP contribution is 2.42. The van der Waals surface area contributed by atoms with Gasteiger partial charge >= 0.3 is 0 Å². The van der Waals surface area contributed by atoms with Gasteiger partial charge in [-0.25, -0.2) is 0 Å². The molecule has 2 rings (SSSR count). The van der Waals surface area contributed by atoms with Crippen molar-refractivity contribution in [3.63, 3.8) is 0 Å². The zero-order valence-electron chi connectivity index (χ0n) is 10.8.